The van der Waals surface area contributed by atoms with Crippen molar-refractivity contribution in [3.63, 3.8) is 0 Å². The third-order valence-corrected chi connectivity index (χ3v) is 5.89. The molecule has 0 aromatic heterocycles. The van der Waals surface area contributed by atoms with Crippen LogP contribution in [0.4, 0.5) is 13.2 Å². The first kappa shape index (κ1) is 23.0. The van der Waals surface area contributed by atoms with E-state index < -0.39 is 23.6 Å². The molecule has 1 aromatic carbocycles. The summed E-state index contributed by atoms with van der Waals surface area (Å²) in [5, 5.41) is 9.52. The Morgan fingerprint density at radius 2 is 1.69 bits per heavy atom. The number of carbonyl (C=O) groups is 2. The molecule has 1 saturated heterocycles. The van der Waals surface area contributed by atoms with E-state index in [1.54, 1.807) is 0 Å². The molecule has 1 fully saturated rings. The number of amides is 1. The van der Waals surface area contributed by atoms with Crippen LogP contribution in [0, 0.1) is 17.3 Å². The zero-order valence-corrected chi connectivity index (χ0v) is 17.2. The molecule has 0 saturated carbocycles. The first-order valence-corrected chi connectivity index (χ1v) is 9.59. The van der Waals surface area contributed by atoms with Gasteiger partial charge in [0.15, 0.2) is 0 Å². The molecule has 0 radical (unpaired) electrons. The first-order chi connectivity index (χ1) is 13.2. The fourth-order valence-corrected chi connectivity index (χ4v) is 3.54. The molecule has 1 aliphatic heterocycles. The van der Waals surface area contributed by atoms with Gasteiger partial charge in [0.2, 0.25) is 5.91 Å². The summed E-state index contributed by atoms with van der Waals surface area (Å²) in [5.41, 5.74) is 0.0692. The average Bonchev–Trinajstić information content (AvgIpc) is 2.64. The van der Waals surface area contributed by atoms with Crippen LogP contribution in [-0.4, -0.2) is 35.0 Å². The van der Waals surface area contributed by atoms with Gasteiger partial charge in [-0.1, -0.05) is 46.4 Å². The molecule has 3 unspecified atom stereocenters. The van der Waals surface area contributed by atoms with Crippen molar-refractivity contribution in [2.24, 2.45) is 17.3 Å². The van der Waals surface area contributed by atoms with E-state index in [0.717, 1.165) is 12.1 Å². The van der Waals surface area contributed by atoms with Crippen molar-refractivity contribution in [2.75, 3.05) is 13.1 Å². The van der Waals surface area contributed by atoms with Crippen LogP contribution in [0.15, 0.2) is 36.4 Å². The van der Waals surface area contributed by atoms with Crippen molar-refractivity contribution in [3.05, 3.63) is 47.5 Å². The fraction of sp³-hybridized carbons (Fsp3) is 0.545. The number of alkyl halides is 3. The number of carboxylic acid groups (broad SMARTS) is 1. The molecule has 1 N–H and O–H groups in total. The van der Waals surface area contributed by atoms with E-state index in [4.69, 9.17) is 0 Å². The lowest BCUT2D eigenvalue weighted by Gasteiger charge is -2.38. The Hall–Kier alpha value is -2.31. The van der Waals surface area contributed by atoms with Crippen LogP contribution < -0.4 is 0 Å². The van der Waals surface area contributed by atoms with Gasteiger partial charge in [0.1, 0.15) is 0 Å². The monoisotopic (exact) mass is 411 g/mol. The van der Waals surface area contributed by atoms with Crippen LogP contribution in [0.1, 0.15) is 51.2 Å². The second-order valence-electron chi connectivity index (χ2n) is 8.91. The van der Waals surface area contributed by atoms with Gasteiger partial charge in [0.25, 0.3) is 0 Å². The third kappa shape index (κ3) is 5.40. The summed E-state index contributed by atoms with van der Waals surface area (Å²) < 4.78 is 38.5. The van der Waals surface area contributed by atoms with Crippen molar-refractivity contribution < 1.29 is 27.9 Å². The number of rotatable bonds is 4. The summed E-state index contributed by atoms with van der Waals surface area (Å²) in [6.45, 7) is 12.2. The molecule has 0 spiro atoms. The maximum Gasteiger partial charge on any atom is 0.416 e. The Morgan fingerprint density at radius 1 is 1.14 bits per heavy atom. The lowest BCUT2D eigenvalue weighted by Crippen LogP contribution is -2.47. The largest absolute Gasteiger partial charge is 0.481 e. The zero-order valence-electron chi connectivity index (χ0n) is 17.2. The number of hydrogen-bond donors (Lipinski definition) is 1. The number of carboxylic acids is 1. The Labute approximate surface area is 169 Å². The standard InChI is InChI=1S/C22H28F3NO3/c1-13(14(2)21(3,4)5)19(27)26-11-16(10-17(12-26)20(28)29)15-6-8-18(9-7-15)22(23,24)25/h6-9,14,16-17H,1,10-12H2,2-5H3,(H,28,29). The van der Waals surface area contributed by atoms with Crippen molar-refractivity contribution in [1.29, 1.82) is 0 Å². The van der Waals surface area contributed by atoms with Gasteiger partial charge in [-0.3, -0.25) is 9.59 Å². The lowest BCUT2D eigenvalue weighted by atomic mass is 9.77. The van der Waals surface area contributed by atoms with Gasteiger partial charge in [-0.05, 0) is 35.4 Å². The molecule has 1 aromatic rings. The molecular weight excluding hydrogens is 383 g/mol. The number of likely N-dealkylation sites (tertiary alicyclic amines) is 1. The number of piperidine rings is 1. The number of nitrogens with zero attached hydrogens (tertiary/aromatic N) is 1. The van der Waals surface area contributed by atoms with Crippen molar-refractivity contribution >= 4 is 11.9 Å². The number of aliphatic carboxylic acids is 1. The molecule has 7 heteroatoms. The van der Waals surface area contributed by atoms with Crippen molar-refractivity contribution in [1.82, 2.24) is 4.90 Å². The minimum atomic E-state index is -4.43. The molecule has 29 heavy (non-hydrogen) atoms. The minimum Gasteiger partial charge on any atom is -0.481 e. The molecule has 1 heterocycles. The van der Waals surface area contributed by atoms with Crippen LogP contribution in [0.25, 0.3) is 0 Å². The van der Waals surface area contributed by atoms with E-state index in [9.17, 15) is 27.9 Å². The van der Waals surface area contributed by atoms with Crippen LogP contribution in [0.3, 0.4) is 0 Å². The number of halogens is 3. The van der Waals surface area contributed by atoms with Gasteiger partial charge in [0, 0.05) is 24.6 Å². The minimum absolute atomic E-state index is 0.0706. The average molecular weight is 411 g/mol. The molecule has 2 rings (SSSR count). The quantitative estimate of drug-likeness (QED) is 0.713. The summed E-state index contributed by atoms with van der Waals surface area (Å²) >= 11 is 0. The zero-order chi connectivity index (χ0) is 22.1. The normalized spacial score (nSPS) is 21.6. The van der Waals surface area contributed by atoms with E-state index in [-0.39, 0.29) is 42.7 Å². The fourth-order valence-electron chi connectivity index (χ4n) is 3.54. The third-order valence-electron chi connectivity index (χ3n) is 5.89. The number of carbonyl (C=O) groups excluding carboxylic acids is 1. The molecule has 0 aliphatic carbocycles. The predicted octanol–water partition coefficient (Wildman–Crippen LogP) is 4.96. The van der Waals surface area contributed by atoms with E-state index in [2.05, 4.69) is 6.58 Å². The van der Waals surface area contributed by atoms with E-state index >= 15 is 0 Å². The summed E-state index contributed by atoms with van der Waals surface area (Å²) in [4.78, 5) is 26.1. The first-order valence-electron chi connectivity index (χ1n) is 9.59. The smallest absolute Gasteiger partial charge is 0.416 e. The maximum atomic E-state index is 13.0. The van der Waals surface area contributed by atoms with Crippen LogP contribution in [-0.2, 0) is 15.8 Å². The van der Waals surface area contributed by atoms with E-state index in [1.165, 1.54) is 17.0 Å². The van der Waals surface area contributed by atoms with Gasteiger partial charge in [-0.25, -0.2) is 0 Å². The Bertz CT molecular complexity index is 778. The highest BCUT2D eigenvalue weighted by Gasteiger charge is 2.37. The highest BCUT2D eigenvalue weighted by molar-refractivity contribution is 5.93. The number of hydrogen-bond acceptors (Lipinski definition) is 2. The molecule has 1 aliphatic rings. The van der Waals surface area contributed by atoms with Gasteiger partial charge < -0.3 is 10.0 Å². The van der Waals surface area contributed by atoms with E-state index in [0.29, 0.717) is 11.1 Å². The van der Waals surface area contributed by atoms with E-state index in [1.807, 2.05) is 27.7 Å². The van der Waals surface area contributed by atoms with Crippen LogP contribution in [0.2, 0.25) is 0 Å². The summed E-state index contributed by atoms with van der Waals surface area (Å²) in [6.07, 6.45) is -4.16. The highest BCUT2D eigenvalue weighted by Crippen LogP contribution is 2.36. The van der Waals surface area contributed by atoms with Crippen molar-refractivity contribution in [2.45, 2.75) is 46.2 Å². The number of benzene rings is 1. The SMILES string of the molecule is C=C(C(=O)N1CC(C(=O)O)CC(c2ccc(C(F)(F)F)cc2)C1)C(C)C(C)(C)C. The molecule has 0 bridgehead atoms. The Morgan fingerprint density at radius 3 is 2.14 bits per heavy atom. The Balaban J connectivity index is 2.26. The maximum absolute atomic E-state index is 13.0. The second kappa shape index (κ2) is 8.20. The van der Waals surface area contributed by atoms with Gasteiger partial charge in [-0.15, -0.1) is 0 Å². The Kier molecular flexibility index (Phi) is 6.50. The highest BCUT2D eigenvalue weighted by atomic mass is 19.4. The topological polar surface area (TPSA) is 57.6 Å². The van der Waals surface area contributed by atoms with Crippen LogP contribution in [0.5, 0.6) is 0 Å². The summed E-state index contributed by atoms with van der Waals surface area (Å²) in [7, 11) is 0. The van der Waals surface area contributed by atoms with Gasteiger partial charge >= 0.3 is 12.1 Å². The van der Waals surface area contributed by atoms with Crippen LogP contribution >= 0.6 is 0 Å². The molecule has 4 nitrogen and oxygen atoms in total. The van der Waals surface area contributed by atoms with Gasteiger partial charge in [0.05, 0.1) is 11.5 Å². The van der Waals surface area contributed by atoms with Gasteiger partial charge in [-0.2, -0.15) is 13.2 Å². The predicted molar refractivity (Wildman–Crippen MR) is 104 cm³/mol. The molecule has 3 atom stereocenters. The summed E-state index contributed by atoms with van der Waals surface area (Å²) in [6, 6.07) is 4.72. The summed E-state index contributed by atoms with van der Waals surface area (Å²) in [5.74, 6) is -2.56. The second-order valence-corrected chi connectivity index (χ2v) is 8.91. The van der Waals surface area contributed by atoms with Crippen molar-refractivity contribution in [3.8, 4) is 0 Å². The lowest BCUT2D eigenvalue weighted by molar-refractivity contribution is -0.145. The molecular formula is C22H28F3NO3. The molecule has 1 amide bonds. The molecule has 160 valence electrons.